The number of benzene rings is 2. The zero-order valence-electron chi connectivity index (χ0n) is 13.5. The number of hydrogen-bond acceptors (Lipinski definition) is 2. The Morgan fingerprint density at radius 2 is 1.71 bits per heavy atom. The molecule has 0 unspecified atom stereocenters. The molecule has 1 aliphatic rings. The molecule has 1 fully saturated rings. The second-order valence-electron chi connectivity index (χ2n) is 6.26. The van der Waals surface area contributed by atoms with E-state index in [0.29, 0.717) is 23.6 Å². The van der Waals surface area contributed by atoms with Gasteiger partial charge >= 0.3 is 0 Å². The number of amides is 1. The Labute approximate surface area is 147 Å². The van der Waals surface area contributed by atoms with E-state index in [0.717, 1.165) is 24.9 Å². The van der Waals surface area contributed by atoms with E-state index in [1.807, 2.05) is 35.2 Å². The highest BCUT2D eigenvalue weighted by Crippen LogP contribution is 2.23. The van der Waals surface area contributed by atoms with E-state index >= 15 is 0 Å². The molecule has 0 aromatic heterocycles. The van der Waals surface area contributed by atoms with E-state index in [-0.39, 0.29) is 17.6 Å². The molecule has 0 spiro atoms. The minimum absolute atomic E-state index is 0.0172. The second-order valence-corrected chi connectivity index (χ2v) is 6.70. The summed E-state index contributed by atoms with van der Waals surface area (Å²) in [4.78, 5) is 26.8. The molecule has 0 saturated carbocycles. The number of Topliss-reactive ketones (excluding diaryl/α,β-unsaturated/α-hetero) is 1. The molecule has 4 heteroatoms. The summed E-state index contributed by atoms with van der Waals surface area (Å²) in [5, 5.41) is 0.622. The van der Waals surface area contributed by atoms with Gasteiger partial charge in [-0.05, 0) is 43.0 Å². The molecule has 1 amide bonds. The van der Waals surface area contributed by atoms with E-state index in [4.69, 9.17) is 11.6 Å². The Bertz CT molecular complexity index is 712. The van der Waals surface area contributed by atoms with Crippen molar-refractivity contribution in [3.05, 3.63) is 70.7 Å². The zero-order valence-corrected chi connectivity index (χ0v) is 14.2. The van der Waals surface area contributed by atoms with Crippen molar-refractivity contribution in [2.75, 3.05) is 13.1 Å². The van der Waals surface area contributed by atoms with Crippen LogP contribution in [0.5, 0.6) is 0 Å². The lowest BCUT2D eigenvalue weighted by Crippen LogP contribution is -2.40. The van der Waals surface area contributed by atoms with Crippen LogP contribution in [0.25, 0.3) is 0 Å². The molecule has 2 aromatic rings. The Morgan fingerprint density at radius 3 is 2.42 bits per heavy atom. The first kappa shape index (κ1) is 16.7. The molecule has 1 atom stereocenters. The minimum atomic E-state index is 0.0172. The minimum Gasteiger partial charge on any atom is -0.338 e. The molecular formula is C20H20ClNO2. The smallest absolute Gasteiger partial charge is 0.253 e. The van der Waals surface area contributed by atoms with E-state index in [1.54, 1.807) is 24.3 Å². The van der Waals surface area contributed by atoms with Crippen molar-refractivity contribution in [1.29, 1.82) is 0 Å². The fourth-order valence-corrected chi connectivity index (χ4v) is 3.32. The maximum Gasteiger partial charge on any atom is 0.253 e. The van der Waals surface area contributed by atoms with E-state index in [1.165, 1.54) is 0 Å². The predicted molar refractivity (Wildman–Crippen MR) is 95.5 cm³/mol. The fraction of sp³-hybridized carbons (Fsp3) is 0.300. The highest BCUT2D eigenvalue weighted by atomic mass is 35.5. The van der Waals surface area contributed by atoms with Gasteiger partial charge in [-0.3, -0.25) is 9.59 Å². The van der Waals surface area contributed by atoms with Crippen LogP contribution in [-0.4, -0.2) is 29.7 Å². The first-order valence-corrected chi connectivity index (χ1v) is 8.64. The molecule has 1 aliphatic heterocycles. The molecule has 2 aromatic carbocycles. The van der Waals surface area contributed by atoms with Crippen LogP contribution in [0.3, 0.4) is 0 Å². The molecule has 124 valence electrons. The van der Waals surface area contributed by atoms with Crippen LogP contribution in [0.15, 0.2) is 54.6 Å². The molecule has 1 heterocycles. The molecule has 24 heavy (non-hydrogen) atoms. The summed E-state index contributed by atoms with van der Waals surface area (Å²) in [6, 6.07) is 16.3. The highest BCUT2D eigenvalue weighted by Gasteiger charge is 2.26. The van der Waals surface area contributed by atoms with Crippen molar-refractivity contribution in [3.8, 4) is 0 Å². The molecule has 0 N–H and O–H groups in total. The summed E-state index contributed by atoms with van der Waals surface area (Å²) in [7, 11) is 0. The molecular weight excluding hydrogens is 322 g/mol. The van der Waals surface area contributed by atoms with Crippen LogP contribution in [0, 0.1) is 5.92 Å². The first-order chi connectivity index (χ1) is 11.6. The van der Waals surface area contributed by atoms with Gasteiger partial charge in [-0.1, -0.05) is 41.9 Å². The van der Waals surface area contributed by atoms with Gasteiger partial charge in [0.05, 0.1) is 0 Å². The van der Waals surface area contributed by atoms with Gasteiger partial charge < -0.3 is 4.90 Å². The lowest BCUT2D eigenvalue weighted by molar-refractivity contribution is 0.0652. The van der Waals surface area contributed by atoms with E-state index in [2.05, 4.69) is 0 Å². The average Bonchev–Trinajstić information content (AvgIpc) is 2.63. The number of ketones is 1. The number of piperidine rings is 1. The summed E-state index contributed by atoms with van der Waals surface area (Å²) < 4.78 is 0. The molecule has 1 saturated heterocycles. The van der Waals surface area contributed by atoms with Crippen LogP contribution >= 0.6 is 11.6 Å². The maximum absolute atomic E-state index is 12.6. The number of carbonyl (C=O) groups is 2. The van der Waals surface area contributed by atoms with Crippen molar-refractivity contribution in [2.45, 2.75) is 19.3 Å². The lowest BCUT2D eigenvalue weighted by atomic mass is 9.90. The van der Waals surface area contributed by atoms with Gasteiger partial charge in [0.2, 0.25) is 0 Å². The van der Waals surface area contributed by atoms with Gasteiger partial charge in [0.1, 0.15) is 0 Å². The third kappa shape index (κ3) is 4.04. The summed E-state index contributed by atoms with van der Waals surface area (Å²) in [6.45, 7) is 1.39. The summed E-state index contributed by atoms with van der Waals surface area (Å²) in [6.07, 6.45) is 2.42. The van der Waals surface area contributed by atoms with Crippen molar-refractivity contribution in [2.24, 2.45) is 5.92 Å². The third-order valence-electron chi connectivity index (χ3n) is 4.47. The largest absolute Gasteiger partial charge is 0.338 e. The van der Waals surface area contributed by atoms with Crippen LogP contribution in [-0.2, 0) is 0 Å². The van der Waals surface area contributed by atoms with Gasteiger partial charge in [-0.2, -0.15) is 0 Å². The predicted octanol–water partition coefficient (Wildman–Crippen LogP) is 4.47. The summed E-state index contributed by atoms with van der Waals surface area (Å²) >= 11 is 5.88. The summed E-state index contributed by atoms with van der Waals surface area (Å²) in [5.74, 6) is 0.396. The second kappa shape index (κ2) is 7.63. The Hall–Kier alpha value is -2.13. The first-order valence-electron chi connectivity index (χ1n) is 8.26. The number of rotatable bonds is 4. The monoisotopic (exact) mass is 341 g/mol. The van der Waals surface area contributed by atoms with Crippen molar-refractivity contribution in [3.63, 3.8) is 0 Å². The number of carbonyl (C=O) groups excluding carboxylic acids is 2. The fourth-order valence-electron chi connectivity index (χ4n) is 3.20. The normalized spacial score (nSPS) is 17.5. The number of likely N-dealkylation sites (tertiary alicyclic amines) is 1. The zero-order chi connectivity index (χ0) is 16.9. The van der Waals surface area contributed by atoms with Crippen LogP contribution in [0.1, 0.15) is 40.0 Å². The van der Waals surface area contributed by atoms with E-state index < -0.39 is 0 Å². The lowest BCUT2D eigenvalue weighted by Gasteiger charge is -2.32. The summed E-state index contributed by atoms with van der Waals surface area (Å²) in [5.41, 5.74) is 1.40. The van der Waals surface area contributed by atoms with Crippen LogP contribution in [0.2, 0.25) is 5.02 Å². The van der Waals surface area contributed by atoms with E-state index in [9.17, 15) is 9.59 Å². The molecule has 3 nitrogen and oxygen atoms in total. The highest BCUT2D eigenvalue weighted by molar-refractivity contribution is 6.30. The topological polar surface area (TPSA) is 37.4 Å². The van der Waals surface area contributed by atoms with Crippen LogP contribution < -0.4 is 0 Å². The standard InChI is InChI=1S/C20H20ClNO2/c21-18-10-8-17(9-11-18)20(24)22-12-4-5-15(14-22)13-19(23)16-6-2-1-3-7-16/h1-3,6-11,15H,4-5,12-14H2/t15-/m0/s1. The molecule has 3 rings (SSSR count). The quantitative estimate of drug-likeness (QED) is 0.770. The molecule has 0 radical (unpaired) electrons. The average molecular weight is 342 g/mol. The van der Waals surface area contributed by atoms with Crippen molar-refractivity contribution >= 4 is 23.3 Å². The third-order valence-corrected chi connectivity index (χ3v) is 4.72. The van der Waals surface area contributed by atoms with Gasteiger partial charge in [0.15, 0.2) is 5.78 Å². The Kier molecular flexibility index (Phi) is 5.31. The number of hydrogen-bond donors (Lipinski definition) is 0. The van der Waals surface area contributed by atoms with Gasteiger partial charge in [-0.25, -0.2) is 0 Å². The molecule has 0 bridgehead atoms. The van der Waals surface area contributed by atoms with Crippen molar-refractivity contribution < 1.29 is 9.59 Å². The SMILES string of the molecule is O=C(C[C@@H]1CCCN(C(=O)c2ccc(Cl)cc2)C1)c1ccccc1. The maximum atomic E-state index is 12.6. The number of nitrogens with zero attached hydrogens (tertiary/aromatic N) is 1. The van der Waals surface area contributed by atoms with Gasteiger partial charge in [0, 0.05) is 35.7 Å². The molecule has 0 aliphatic carbocycles. The van der Waals surface area contributed by atoms with Crippen molar-refractivity contribution in [1.82, 2.24) is 4.90 Å². The van der Waals surface area contributed by atoms with Gasteiger partial charge in [-0.15, -0.1) is 0 Å². The Balaban J connectivity index is 1.63. The van der Waals surface area contributed by atoms with Gasteiger partial charge in [0.25, 0.3) is 5.91 Å². The van der Waals surface area contributed by atoms with Crippen LogP contribution in [0.4, 0.5) is 0 Å². The Morgan fingerprint density at radius 1 is 1.00 bits per heavy atom. The number of halogens is 1.